The van der Waals surface area contributed by atoms with E-state index >= 15 is 0 Å². The first kappa shape index (κ1) is 19.1. The first-order valence-corrected chi connectivity index (χ1v) is 5.45. The van der Waals surface area contributed by atoms with Crippen molar-refractivity contribution in [1.82, 2.24) is 0 Å². The van der Waals surface area contributed by atoms with Crippen LogP contribution in [0.4, 0.5) is 0 Å². The van der Waals surface area contributed by atoms with Crippen LogP contribution in [-0.4, -0.2) is 46.6 Å². The lowest BCUT2D eigenvalue weighted by molar-refractivity contribution is -0.135. The van der Waals surface area contributed by atoms with E-state index in [1.165, 1.54) is 6.92 Å². The number of nitrogens with two attached hydrogens (primary N) is 3. The topological polar surface area (TPSA) is 173 Å². The summed E-state index contributed by atoms with van der Waals surface area (Å²) in [6.45, 7) is 0.937. The molecule has 1 unspecified atom stereocenters. The van der Waals surface area contributed by atoms with Crippen LogP contribution >= 0.6 is 0 Å². The van der Waals surface area contributed by atoms with Crippen LogP contribution in [0.5, 0.6) is 0 Å². The van der Waals surface area contributed by atoms with Crippen LogP contribution in [0, 0.1) is 5.41 Å². The highest BCUT2D eigenvalue weighted by atomic mass is 16.3. The highest BCUT2D eigenvalue weighted by molar-refractivity contribution is 5.87. The molecule has 0 spiro atoms. The number of amides is 2. The van der Waals surface area contributed by atoms with E-state index < -0.39 is 23.5 Å². The van der Waals surface area contributed by atoms with Crippen molar-refractivity contribution in [1.29, 1.82) is 0 Å². The van der Waals surface area contributed by atoms with Crippen molar-refractivity contribution >= 4 is 11.8 Å². The van der Waals surface area contributed by atoms with Gasteiger partial charge >= 0.3 is 0 Å². The van der Waals surface area contributed by atoms with Gasteiger partial charge in [0.1, 0.15) is 0 Å². The lowest BCUT2D eigenvalue weighted by Gasteiger charge is -2.27. The van der Waals surface area contributed by atoms with Gasteiger partial charge in [0.15, 0.2) is 0 Å². The maximum atomic E-state index is 11.1. The van der Waals surface area contributed by atoms with Crippen LogP contribution in [-0.2, 0) is 9.59 Å². The van der Waals surface area contributed by atoms with Crippen molar-refractivity contribution in [3.63, 3.8) is 0 Å². The third-order valence-electron chi connectivity index (χ3n) is 2.22. The molecule has 18 heavy (non-hydrogen) atoms. The molecule has 8 heteroatoms. The molecule has 0 bridgehead atoms. The van der Waals surface area contributed by atoms with Crippen molar-refractivity contribution in [2.24, 2.45) is 22.6 Å². The predicted molar refractivity (Wildman–Crippen MR) is 64.7 cm³/mol. The minimum atomic E-state index is -1.21. The molecule has 0 rings (SSSR count). The van der Waals surface area contributed by atoms with E-state index in [9.17, 15) is 9.59 Å². The average Bonchev–Trinajstić information content (AvgIpc) is 2.15. The Kier molecular flexibility index (Phi) is 10.4. The normalized spacial score (nSPS) is 12.3. The zero-order valence-corrected chi connectivity index (χ0v) is 10.5. The highest BCUT2D eigenvalue weighted by Gasteiger charge is 2.37. The Morgan fingerprint density at radius 2 is 1.50 bits per heavy atom. The molecule has 8 nitrogen and oxygen atoms in total. The second-order valence-electron chi connectivity index (χ2n) is 3.98. The standard InChI is InChI=1S/C8H16N2O4.C2H7NO/c9-6(13)5-8(1-3-11,2-4-12)7(10)14;1-2(3)4/h11-12H,1-5H2,(H2,9,13)(H2,10,14);2,4H,3H2,1H3. The molecule has 0 fully saturated rings. The molecule has 0 aromatic heterocycles. The SMILES string of the molecule is CC(N)O.NC(=O)CC(CCO)(CCO)C(N)=O. The fourth-order valence-electron chi connectivity index (χ4n) is 1.40. The molecule has 108 valence electrons. The predicted octanol–water partition coefficient (Wildman–Crippen LogP) is -2.62. The molecule has 0 aliphatic rings. The average molecular weight is 265 g/mol. The fraction of sp³-hybridized carbons (Fsp3) is 0.800. The molecule has 0 aliphatic carbocycles. The summed E-state index contributed by atoms with van der Waals surface area (Å²) in [5.41, 5.74) is 13.5. The Hall–Kier alpha value is -1.22. The molecule has 0 aromatic rings. The van der Waals surface area contributed by atoms with Gasteiger partial charge in [0.2, 0.25) is 11.8 Å². The summed E-state index contributed by atoms with van der Waals surface area (Å²) in [6.07, 6.45) is -0.846. The third kappa shape index (κ3) is 8.88. The molecule has 1 atom stereocenters. The summed E-state index contributed by atoms with van der Waals surface area (Å²) < 4.78 is 0. The van der Waals surface area contributed by atoms with Gasteiger partial charge < -0.3 is 32.5 Å². The Morgan fingerprint density at radius 3 is 1.67 bits per heavy atom. The molecule has 2 amide bonds. The summed E-state index contributed by atoms with van der Waals surface area (Å²) in [5.74, 6) is -1.40. The number of aliphatic hydroxyl groups is 3. The summed E-state index contributed by atoms with van der Waals surface area (Å²) in [6, 6.07) is 0. The highest BCUT2D eigenvalue weighted by Crippen LogP contribution is 2.29. The molecule has 0 saturated heterocycles. The van der Waals surface area contributed by atoms with Gasteiger partial charge in [-0.3, -0.25) is 9.59 Å². The first-order valence-electron chi connectivity index (χ1n) is 5.45. The van der Waals surface area contributed by atoms with E-state index in [4.69, 9.17) is 26.8 Å². The molecule has 0 saturated carbocycles. The molecule has 0 aromatic carbocycles. The van der Waals surface area contributed by atoms with Gasteiger partial charge in [-0.1, -0.05) is 0 Å². The van der Waals surface area contributed by atoms with Gasteiger partial charge in [0, 0.05) is 19.6 Å². The smallest absolute Gasteiger partial charge is 0.224 e. The summed E-state index contributed by atoms with van der Waals surface area (Å²) >= 11 is 0. The number of aliphatic hydroxyl groups excluding tert-OH is 3. The zero-order chi connectivity index (χ0) is 14.8. The van der Waals surface area contributed by atoms with Crippen LogP contribution in [0.25, 0.3) is 0 Å². The number of rotatable bonds is 7. The van der Waals surface area contributed by atoms with Crippen molar-refractivity contribution < 1.29 is 24.9 Å². The van der Waals surface area contributed by atoms with Crippen molar-refractivity contribution in [3.8, 4) is 0 Å². The maximum absolute atomic E-state index is 11.1. The molecular weight excluding hydrogens is 242 g/mol. The van der Waals surface area contributed by atoms with Gasteiger partial charge in [0.05, 0.1) is 11.6 Å². The second kappa shape index (κ2) is 9.77. The molecule has 0 heterocycles. The first-order chi connectivity index (χ1) is 8.21. The van der Waals surface area contributed by atoms with Crippen LogP contribution in [0.3, 0.4) is 0 Å². The molecule has 0 radical (unpaired) electrons. The van der Waals surface area contributed by atoms with E-state index in [0.717, 1.165) is 0 Å². The van der Waals surface area contributed by atoms with Crippen molar-refractivity contribution in [2.75, 3.05) is 13.2 Å². The summed E-state index contributed by atoms with van der Waals surface area (Å²) in [5, 5.41) is 25.3. The summed E-state index contributed by atoms with van der Waals surface area (Å²) in [4.78, 5) is 21.8. The van der Waals surface area contributed by atoms with Crippen molar-refractivity contribution in [2.45, 2.75) is 32.4 Å². The van der Waals surface area contributed by atoms with Gasteiger partial charge in [-0.15, -0.1) is 0 Å². The molecule has 9 N–H and O–H groups in total. The minimum Gasteiger partial charge on any atom is -0.396 e. The third-order valence-corrected chi connectivity index (χ3v) is 2.22. The number of hydrogen-bond acceptors (Lipinski definition) is 6. The monoisotopic (exact) mass is 265 g/mol. The van der Waals surface area contributed by atoms with Gasteiger partial charge in [-0.2, -0.15) is 0 Å². The minimum absolute atomic E-state index is 0.0336. The number of hydrogen-bond donors (Lipinski definition) is 6. The van der Waals surface area contributed by atoms with E-state index in [2.05, 4.69) is 5.73 Å². The fourth-order valence-corrected chi connectivity index (χ4v) is 1.40. The Bertz CT molecular complexity index is 249. The largest absolute Gasteiger partial charge is 0.396 e. The lowest BCUT2D eigenvalue weighted by Crippen LogP contribution is -2.42. The molecule has 0 aliphatic heterocycles. The van der Waals surface area contributed by atoms with Crippen molar-refractivity contribution in [3.05, 3.63) is 0 Å². The zero-order valence-electron chi connectivity index (χ0n) is 10.5. The van der Waals surface area contributed by atoms with Crippen LogP contribution < -0.4 is 17.2 Å². The Morgan fingerprint density at radius 1 is 1.17 bits per heavy atom. The van der Waals surface area contributed by atoms with Gasteiger partial charge in [-0.05, 0) is 19.8 Å². The van der Waals surface area contributed by atoms with Gasteiger partial charge in [0.25, 0.3) is 0 Å². The van der Waals surface area contributed by atoms with E-state index in [-0.39, 0.29) is 32.5 Å². The van der Waals surface area contributed by atoms with E-state index in [0.29, 0.717) is 0 Å². The quantitative estimate of drug-likeness (QED) is 0.275. The van der Waals surface area contributed by atoms with E-state index in [1.807, 2.05) is 0 Å². The summed E-state index contributed by atoms with van der Waals surface area (Å²) in [7, 11) is 0. The maximum Gasteiger partial charge on any atom is 0.224 e. The number of primary amides is 2. The lowest BCUT2D eigenvalue weighted by atomic mass is 9.77. The molecular formula is C10H23N3O5. The second-order valence-corrected chi connectivity index (χ2v) is 3.98. The van der Waals surface area contributed by atoms with Gasteiger partial charge in [-0.25, -0.2) is 0 Å². The van der Waals surface area contributed by atoms with Crippen LogP contribution in [0.15, 0.2) is 0 Å². The van der Waals surface area contributed by atoms with Crippen LogP contribution in [0.1, 0.15) is 26.2 Å². The van der Waals surface area contributed by atoms with Crippen LogP contribution in [0.2, 0.25) is 0 Å². The Balaban J connectivity index is 0. The van der Waals surface area contributed by atoms with E-state index in [1.54, 1.807) is 0 Å². The number of carbonyl (C=O) groups excluding carboxylic acids is 2. The Labute approximate surface area is 106 Å². The number of carbonyl (C=O) groups is 2.